The van der Waals surface area contributed by atoms with E-state index in [1.165, 1.54) is 51.6 Å². The average molecular weight is 237 g/mol. The largest absolute Gasteiger partial charge is 0.411 e. The molecule has 1 saturated heterocycles. The third kappa shape index (κ3) is 2.35. The van der Waals surface area contributed by atoms with E-state index in [-0.39, 0.29) is 0 Å². The second kappa shape index (κ2) is 4.97. The Morgan fingerprint density at radius 3 is 2.53 bits per heavy atom. The van der Waals surface area contributed by atoms with Crippen LogP contribution >= 0.6 is 0 Å². The van der Waals surface area contributed by atoms with Crippen LogP contribution in [0.4, 0.5) is 0 Å². The summed E-state index contributed by atoms with van der Waals surface area (Å²) in [5.41, 5.74) is 1.05. The van der Waals surface area contributed by atoms with Crippen molar-refractivity contribution in [1.82, 2.24) is 0 Å². The van der Waals surface area contributed by atoms with E-state index in [1.54, 1.807) is 0 Å². The standard InChI is InChI=1S/C14H24N2O/c17-15-13-7-6-11-9-16(10-12(11)8-13)14-4-2-1-3-5-14/h11-12,14,17H,1-10H2/p+1/b15-13+/t11-,12-/m1/s1. The van der Waals surface area contributed by atoms with Gasteiger partial charge in [0, 0.05) is 11.8 Å². The van der Waals surface area contributed by atoms with E-state index in [0.717, 1.165) is 36.4 Å². The first kappa shape index (κ1) is 11.5. The van der Waals surface area contributed by atoms with Crippen molar-refractivity contribution in [2.24, 2.45) is 17.0 Å². The van der Waals surface area contributed by atoms with Crippen molar-refractivity contribution in [3.8, 4) is 0 Å². The van der Waals surface area contributed by atoms with Crippen LogP contribution in [0.25, 0.3) is 0 Å². The Kier molecular flexibility index (Phi) is 3.37. The molecule has 2 aliphatic carbocycles. The summed E-state index contributed by atoms with van der Waals surface area (Å²) in [6.07, 6.45) is 10.6. The maximum atomic E-state index is 8.91. The molecule has 0 spiro atoms. The lowest BCUT2D eigenvalue weighted by atomic mass is 9.81. The maximum Gasteiger partial charge on any atom is 0.0874 e. The summed E-state index contributed by atoms with van der Waals surface area (Å²) in [6.45, 7) is 2.74. The predicted molar refractivity (Wildman–Crippen MR) is 67.6 cm³/mol. The minimum absolute atomic E-state index is 0.812. The van der Waals surface area contributed by atoms with E-state index < -0.39 is 0 Å². The minimum atomic E-state index is 0.812. The molecule has 0 aromatic carbocycles. The number of fused-ring (bicyclic) bond motifs is 1. The molecule has 1 heterocycles. The average Bonchev–Trinajstić information content (AvgIpc) is 2.82. The highest BCUT2D eigenvalue weighted by molar-refractivity contribution is 5.84. The first-order valence-corrected chi connectivity index (χ1v) is 7.41. The van der Waals surface area contributed by atoms with Gasteiger partial charge >= 0.3 is 0 Å². The molecule has 3 fully saturated rings. The third-order valence-corrected chi connectivity index (χ3v) is 5.34. The molecule has 3 nitrogen and oxygen atoms in total. The van der Waals surface area contributed by atoms with Crippen LogP contribution in [0.15, 0.2) is 5.16 Å². The lowest BCUT2D eigenvalue weighted by molar-refractivity contribution is -0.917. The first-order chi connectivity index (χ1) is 8.36. The summed E-state index contributed by atoms with van der Waals surface area (Å²) in [5, 5.41) is 12.4. The Bertz CT molecular complexity index is 297. The van der Waals surface area contributed by atoms with Crippen LogP contribution in [0.3, 0.4) is 0 Å². The smallest absolute Gasteiger partial charge is 0.0874 e. The highest BCUT2D eigenvalue weighted by Crippen LogP contribution is 2.30. The number of likely N-dealkylation sites (tertiary alicyclic amines) is 1. The molecular formula is C14H25N2O+. The van der Waals surface area contributed by atoms with Gasteiger partial charge in [0.25, 0.3) is 0 Å². The van der Waals surface area contributed by atoms with E-state index in [9.17, 15) is 0 Å². The fourth-order valence-electron chi connectivity index (χ4n) is 4.36. The second-order valence-corrected chi connectivity index (χ2v) is 6.33. The number of hydrogen-bond acceptors (Lipinski definition) is 2. The van der Waals surface area contributed by atoms with E-state index in [4.69, 9.17) is 5.21 Å². The lowest BCUT2D eigenvalue weighted by Crippen LogP contribution is -3.14. The molecule has 1 aliphatic heterocycles. The molecule has 3 atom stereocenters. The second-order valence-electron chi connectivity index (χ2n) is 6.33. The minimum Gasteiger partial charge on any atom is -0.411 e. The van der Waals surface area contributed by atoms with Crippen molar-refractivity contribution < 1.29 is 10.1 Å². The molecule has 96 valence electrons. The van der Waals surface area contributed by atoms with Gasteiger partial charge in [0.1, 0.15) is 0 Å². The molecule has 3 heteroatoms. The summed E-state index contributed by atoms with van der Waals surface area (Å²) < 4.78 is 0. The number of hydrogen-bond donors (Lipinski definition) is 2. The third-order valence-electron chi connectivity index (χ3n) is 5.34. The van der Waals surface area contributed by atoms with Crippen molar-refractivity contribution in [2.45, 2.75) is 57.4 Å². The van der Waals surface area contributed by atoms with E-state index in [2.05, 4.69) is 5.16 Å². The van der Waals surface area contributed by atoms with Gasteiger partial charge in [-0.1, -0.05) is 11.6 Å². The lowest BCUT2D eigenvalue weighted by Gasteiger charge is -2.28. The summed E-state index contributed by atoms with van der Waals surface area (Å²) in [5.74, 6) is 1.73. The molecule has 0 radical (unpaired) electrons. The van der Waals surface area contributed by atoms with Gasteiger partial charge in [0.05, 0.1) is 24.8 Å². The molecular weight excluding hydrogens is 212 g/mol. The number of quaternary nitrogens is 1. The van der Waals surface area contributed by atoms with Crippen LogP contribution < -0.4 is 4.90 Å². The Hall–Kier alpha value is -0.570. The quantitative estimate of drug-likeness (QED) is 0.526. The zero-order chi connectivity index (χ0) is 11.7. The zero-order valence-corrected chi connectivity index (χ0v) is 10.7. The predicted octanol–water partition coefficient (Wildman–Crippen LogP) is 1.46. The van der Waals surface area contributed by atoms with Crippen molar-refractivity contribution in [3.63, 3.8) is 0 Å². The zero-order valence-electron chi connectivity index (χ0n) is 10.7. The van der Waals surface area contributed by atoms with Crippen molar-refractivity contribution in [1.29, 1.82) is 0 Å². The fraction of sp³-hybridized carbons (Fsp3) is 0.929. The summed E-state index contributed by atoms with van der Waals surface area (Å²) in [4.78, 5) is 1.87. The topological polar surface area (TPSA) is 37.0 Å². The molecule has 0 amide bonds. The fourth-order valence-corrected chi connectivity index (χ4v) is 4.36. The van der Waals surface area contributed by atoms with Crippen molar-refractivity contribution >= 4 is 5.71 Å². The van der Waals surface area contributed by atoms with Gasteiger partial charge in [-0.15, -0.1) is 0 Å². The number of nitrogens with zero attached hydrogens (tertiary/aromatic N) is 1. The highest BCUT2D eigenvalue weighted by atomic mass is 16.4. The SMILES string of the molecule is O/N=C1\CC[C@@H]2C[NH+](C3CCCCC3)C[C@H]2C1. The van der Waals surface area contributed by atoms with Crippen LogP contribution in [0.5, 0.6) is 0 Å². The van der Waals surface area contributed by atoms with Crippen LogP contribution in [-0.2, 0) is 0 Å². The molecule has 0 bridgehead atoms. The molecule has 3 aliphatic rings. The van der Waals surface area contributed by atoms with Crippen LogP contribution in [0.2, 0.25) is 0 Å². The molecule has 3 rings (SSSR count). The summed E-state index contributed by atoms with van der Waals surface area (Å²) in [7, 11) is 0. The van der Waals surface area contributed by atoms with Gasteiger partial charge in [-0.2, -0.15) is 0 Å². The van der Waals surface area contributed by atoms with E-state index in [0.29, 0.717) is 0 Å². The monoisotopic (exact) mass is 237 g/mol. The van der Waals surface area contributed by atoms with Gasteiger partial charge in [-0.25, -0.2) is 0 Å². The van der Waals surface area contributed by atoms with Gasteiger partial charge in [0.2, 0.25) is 0 Å². The Labute approximate surface area is 104 Å². The molecule has 0 aromatic heterocycles. The summed E-state index contributed by atoms with van der Waals surface area (Å²) >= 11 is 0. The van der Waals surface area contributed by atoms with Gasteiger partial charge in [-0.3, -0.25) is 0 Å². The van der Waals surface area contributed by atoms with E-state index in [1.807, 2.05) is 4.90 Å². The molecule has 1 unspecified atom stereocenters. The van der Waals surface area contributed by atoms with Gasteiger partial charge in [0.15, 0.2) is 0 Å². The first-order valence-electron chi connectivity index (χ1n) is 7.41. The van der Waals surface area contributed by atoms with E-state index >= 15 is 0 Å². The van der Waals surface area contributed by atoms with Gasteiger partial charge in [-0.05, 0) is 44.9 Å². The Morgan fingerprint density at radius 2 is 1.76 bits per heavy atom. The molecule has 17 heavy (non-hydrogen) atoms. The maximum absolute atomic E-state index is 8.91. The molecule has 0 aromatic rings. The van der Waals surface area contributed by atoms with Crippen molar-refractivity contribution in [3.05, 3.63) is 0 Å². The number of nitrogens with one attached hydrogen (secondary N) is 1. The van der Waals surface area contributed by atoms with Crippen LogP contribution in [-0.4, -0.2) is 30.1 Å². The normalized spacial score (nSPS) is 41.6. The Balaban J connectivity index is 1.60. The van der Waals surface area contributed by atoms with Crippen LogP contribution in [0, 0.1) is 11.8 Å². The highest BCUT2D eigenvalue weighted by Gasteiger charge is 2.42. The van der Waals surface area contributed by atoms with Gasteiger partial charge < -0.3 is 10.1 Å². The van der Waals surface area contributed by atoms with Crippen molar-refractivity contribution in [2.75, 3.05) is 13.1 Å². The number of oxime groups is 1. The molecule has 2 N–H and O–H groups in total. The van der Waals surface area contributed by atoms with Crippen LogP contribution in [0.1, 0.15) is 51.4 Å². The Morgan fingerprint density at radius 1 is 1.00 bits per heavy atom. The molecule has 2 saturated carbocycles. The summed E-state index contributed by atoms with van der Waals surface area (Å²) in [6, 6.07) is 0.948. The number of rotatable bonds is 1.